The third kappa shape index (κ3) is 2.87. The van der Waals surface area contributed by atoms with Crippen LogP contribution in [0, 0.1) is 23.1 Å². The number of nitrogens with zero attached hydrogens (tertiary/aromatic N) is 1. The monoisotopic (exact) mass is 273 g/mol. The van der Waals surface area contributed by atoms with Crippen molar-refractivity contribution in [1.82, 2.24) is 0 Å². The van der Waals surface area contributed by atoms with Gasteiger partial charge < -0.3 is 4.74 Å². The number of nitriles is 1. The molecule has 1 heterocycles. The third-order valence-electron chi connectivity index (χ3n) is 3.12. The van der Waals surface area contributed by atoms with Crippen LogP contribution in [0.2, 0.25) is 0 Å². The third-order valence-corrected chi connectivity index (χ3v) is 3.12. The quantitative estimate of drug-likeness (QED) is 0.728. The molecule has 0 amide bonds. The highest BCUT2D eigenvalue weighted by atomic mass is 19.4. The van der Waals surface area contributed by atoms with Gasteiger partial charge in [-0.25, -0.2) is 4.39 Å². The first-order valence-corrected chi connectivity index (χ1v) is 5.81. The van der Waals surface area contributed by atoms with E-state index in [4.69, 9.17) is 10.00 Å². The second-order valence-electron chi connectivity index (χ2n) is 4.40. The molecule has 0 bridgehead atoms. The van der Waals surface area contributed by atoms with Gasteiger partial charge in [0.2, 0.25) is 0 Å². The topological polar surface area (TPSA) is 33.0 Å². The van der Waals surface area contributed by atoms with Gasteiger partial charge in [-0.15, -0.1) is 0 Å². The van der Waals surface area contributed by atoms with Crippen molar-refractivity contribution in [1.29, 1.82) is 5.26 Å². The molecule has 0 spiro atoms. The van der Waals surface area contributed by atoms with Gasteiger partial charge in [0.1, 0.15) is 5.82 Å². The average molecular weight is 273 g/mol. The molecule has 1 aromatic carbocycles. The lowest BCUT2D eigenvalue weighted by Crippen LogP contribution is -2.24. The molecule has 1 saturated heterocycles. The van der Waals surface area contributed by atoms with Crippen LogP contribution in [0.1, 0.15) is 30.1 Å². The summed E-state index contributed by atoms with van der Waals surface area (Å²) in [7, 11) is 0. The molecule has 2 atom stereocenters. The highest BCUT2D eigenvalue weighted by molar-refractivity contribution is 5.33. The molecule has 2 nitrogen and oxygen atoms in total. The van der Waals surface area contributed by atoms with Gasteiger partial charge in [0, 0.05) is 6.61 Å². The van der Waals surface area contributed by atoms with Gasteiger partial charge in [-0.2, -0.15) is 18.4 Å². The van der Waals surface area contributed by atoms with Gasteiger partial charge in [0.05, 0.1) is 23.7 Å². The minimum atomic E-state index is -4.67. The second kappa shape index (κ2) is 5.17. The lowest BCUT2D eigenvalue weighted by atomic mass is 9.88. The molecule has 2 unspecified atom stereocenters. The molecule has 19 heavy (non-hydrogen) atoms. The van der Waals surface area contributed by atoms with E-state index < -0.39 is 29.6 Å². The molecule has 1 aliphatic rings. The van der Waals surface area contributed by atoms with E-state index in [9.17, 15) is 17.6 Å². The molecular weight excluding hydrogens is 262 g/mol. The molecule has 0 radical (unpaired) electrons. The Morgan fingerprint density at radius 1 is 1.32 bits per heavy atom. The normalized spacial score (nSPS) is 23.9. The maximum absolute atomic E-state index is 13.0. The van der Waals surface area contributed by atoms with Crippen LogP contribution in [0.4, 0.5) is 17.6 Å². The van der Waals surface area contributed by atoms with Gasteiger partial charge in [0.25, 0.3) is 0 Å². The molecule has 0 aromatic heterocycles. The Balaban J connectivity index is 2.46. The molecule has 1 aliphatic heterocycles. The number of hydrogen-bond donors (Lipinski definition) is 0. The molecule has 1 fully saturated rings. The van der Waals surface area contributed by atoms with Gasteiger partial charge in [-0.3, -0.25) is 0 Å². The van der Waals surface area contributed by atoms with E-state index in [1.807, 2.05) is 6.07 Å². The molecule has 0 N–H and O–H groups in total. The predicted octanol–water partition coefficient (Wildman–Crippen LogP) is 3.84. The zero-order chi connectivity index (χ0) is 14.0. The fourth-order valence-corrected chi connectivity index (χ4v) is 2.24. The first kappa shape index (κ1) is 13.8. The second-order valence-corrected chi connectivity index (χ2v) is 4.40. The van der Waals surface area contributed by atoms with Crippen molar-refractivity contribution in [2.24, 2.45) is 5.92 Å². The van der Waals surface area contributed by atoms with Crippen molar-refractivity contribution in [2.75, 3.05) is 6.61 Å². The van der Waals surface area contributed by atoms with E-state index in [0.29, 0.717) is 25.5 Å². The Hall–Kier alpha value is -1.61. The van der Waals surface area contributed by atoms with E-state index in [2.05, 4.69) is 0 Å². The van der Waals surface area contributed by atoms with E-state index in [1.54, 1.807) is 0 Å². The summed E-state index contributed by atoms with van der Waals surface area (Å²) in [6.45, 7) is 0.303. The number of rotatable bonds is 1. The maximum atomic E-state index is 13.0. The standard InChI is InChI=1S/C13H11F4NO/c14-9-3-4-10(11(6-9)13(15,16)17)12-8(7-18)2-1-5-19-12/h3-4,6,8,12H,1-2,5H2. The highest BCUT2D eigenvalue weighted by Crippen LogP contribution is 2.41. The largest absolute Gasteiger partial charge is 0.416 e. The minimum Gasteiger partial charge on any atom is -0.372 e. The van der Waals surface area contributed by atoms with Gasteiger partial charge in [-0.05, 0) is 30.5 Å². The molecule has 102 valence electrons. The number of alkyl halides is 3. The Kier molecular flexibility index (Phi) is 3.76. The fourth-order valence-electron chi connectivity index (χ4n) is 2.24. The zero-order valence-electron chi connectivity index (χ0n) is 9.88. The van der Waals surface area contributed by atoms with Crippen molar-refractivity contribution < 1.29 is 22.3 Å². The van der Waals surface area contributed by atoms with Crippen LogP contribution < -0.4 is 0 Å². The average Bonchev–Trinajstić information content (AvgIpc) is 2.37. The Labute approximate surface area is 107 Å². The van der Waals surface area contributed by atoms with Crippen LogP contribution in [0.5, 0.6) is 0 Å². The summed E-state index contributed by atoms with van der Waals surface area (Å²) in [6, 6.07) is 4.42. The summed E-state index contributed by atoms with van der Waals surface area (Å²) >= 11 is 0. The molecular formula is C13H11F4NO. The Morgan fingerprint density at radius 3 is 2.68 bits per heavy atom. The summed E-state index contributed by atoms with van der Waals surface area (Å²) in [6.07, 6.45) is -4.50. The van der Waals surface area contributed by atoms with Gasteiger partial charge in [-0.1, -0.05) is 6.07 Å². The van der Waals surface area contributed by atoms with Crippen molar-refractivity contribution in [3.05, 3.63) is 35.1 Å². The first-order chi connectivity index (χ1) is 8.93. The number of benzene rings is 1. The lowest BCUT2D eigenvalue weighted by molar-refractivity contribution is -0.140. The van der Waals surface area contributed by atoms with Crippen molar-refractivity contribution in [2.45, 2.75) is 25.1 Å². The number of ether oxygens (including phenoxy) is 1. The Morgan fingerprint density at radius 2 is 2.05 bits per heavy atom. The van der Waals surface area contributed by atoms with Crippen LogP contribution in [-0.4, -0.2) is 6.61 Å². The van der Waals surface area contributed by atoms with Crippen molar-refractivity contribution >= 4 is 0 Å². The van der Waals surface area contributed by atoms with Gasteiger partial charge in [0.15, 0.2) is 0 Å². The summed E-state index contributed by atoms with van der Waals surface area (Å²) in [5.41, 5.74) is -1.24. The van der Waals surface area contributed by atoms with E-state index in [0.717, 1.165) is 12.1 Å². The highest BCUT2D eigenvalue weighted by Gasteiger charge is 2.38. The van der Waals surface area contributed by atoms with Crippen LogP contribution in [0.15, 0.2) is 18.2 Å². The summed E-state index contributed by atoms with van der Waals surface area (Å²) in [5.74, 6) is -1.60. The van der Waals surface area contributed by atoms with Crippen molar-refractivity contribution in [3.8, 4) is 6.07 Å². The zero-order valence-corrected chi connectivity index (χ0v) is 9.88. The van der Waals surface area contributed by atoms with Crippen LogP contribution >= 0.6 is 0 Å². The van der Waals surface area contributed by atoms with Crippen LogP contribution in [0.3, 0.4) is 0 Å². The smallest absolute Gasteiger partial charge is 0.372 e. The predicted molar refractivity (Wildman–Crippen MR) is 58.4 cm³/mol. The van der Waals surface area contributed by atoms with E-state index in [-0.39, 0.29) is 5.56 Å². The molecule has 0 saturated carbocycles. The van der Waals surface area contributed by atoms with Crippen LogP contribution in [-0.2, 0) is 10.9 Å². The number of hydrogen-bond acceptors (Lipinski definition) is 2. The van der Waals surface area contributed by atoms with E-state index >= 15 is 0 Å². The fraction of sp³-hybridized carbons (Fsp3) is 0.462. The summed E-state index contributed by atoms with van der Waals surface area (Å²) < 4.78 is 57.0. The SMILES string of the molecule is N#CC1CCCOC1c1ccc(F)cc1C(F)(F)F. The summed E-state index contributed by atoms with van der Waals surface area (Å²) in [4.78, 5) is 0. The van der Waals surface area contributed by atoms with Crippen LogP contribution in [0.25, 0.3) is 0 Å². The molecule has 0 aliphatic carbocycles. The molecule has 2 rings (SSSR count). The minimum absolute atomic E-state index is 0.167. The lowest BCUT2D eigenvalue weighted by Gasteiger charge is -2.29. The number of halogens is 4. The summed E-state index contributed by atoms with van der Waals surface area (Å²) in [5, 5.41) is 8.99. The first-order valence-electron chi connectivity index (χ1n) is 5.81. The maximum Gasteiger partial charge on any atom is 0.416 e. The van der Waals surface area contributed by atoms with Gasteiger partial charge >= 0.3 is 6.18 Å². The molecule has 6 heteroatoms. The Bertz CT molecular complexity index is 506. The van der Waals surface area contributed by atoms with Crippen molar-refractivity contribution in [3.63, 3.8) is 0 Å². The molecule has 1 aromatic rings. The van der Waals surface area contributed by atoms with E-state index in [1.165, 1.54) is 0 Å².